The second-order valence-corrected chi connectivity index (χ2v) is 8.93. The zero-order chi connectivity index (χ0) is 20.0. The number of aliphatic hydroxyl groups excluding tert-OH is 2. The molecular weight excluding hydrogens is 358 g/mol. The average molecular weight is 392 g/mol. The van der Waals surface area contributed by atoms with Gasteiger partial charge in [0, 0.05) is 26.4 Å². The van der Waals surface area contributed by atoms with Gasteiger partial charge < -0.3 is 15.1 Å². The smallest absolute Gasteiger partial charge is 0.232 e. The quantitative estimate of drug-likeness (QED) is 0.517. The van der Waals surface area contributed by atoms with Crippen molar-refractivity contribution in [3.8, 4) is 11.8 Å². The molecule has 6 atom stereocenters. The monoisotopic (exact) mass is 391 g/mol. The maximum Gasteiger partial charge on any atom is 0.232 e. The molecule has 0 aromatic heterocycles. The van der Waals surface area contributed by atoms with Crippen LogP contribution in [0.25, 0.3) is 0 Å². The molecule has 2 rings (SSSR count). The van der Waals surface area contributed by atoms with Crippen molar-refractivity contribution >= 4 is 17.7 Å². The number of hydrogen-bond donors (Lipinski definition) is 2. The number of aliphatic hydroxyl groups is 2. The Labute approximate surface area is 168 Å². The summed E-state index contributed by atoms with van der Waals surface area (Å²) in [6.07, 6.45) is 6.53. The number of allylic oxidation sites excluding steroid dienone is 1. The van der Waals surface area contributed by atoms with Gasteiger partial charge in [-0.3, -0.25) is 4.79 Å². The molecule has 0 aliphatic heterocycles. The standard InChI is InChI=1S/C22H33NO3S/c1-5-6-7-15(2)20(24)9-8-18-19-11-16(10-17(19)12-21(18)25)13-27-14-22(26)23(3)4/h8-9,13,15,17-21,24-25H,7,10-12,14H2,1-4H3/t15-,17-,18+,19-,20+,21+/m0/s1. The fourth-order valence-corrected chi connectivity index (χ4v) is 4.96. The highest BCUT2D eigenvalue weighted by Gasteiger charge is 2.45. The van der Waals surface area contributed by atoms with Crippen LogP contribution in [0.15, 0.2) is 23.1 Å². The SMILES string of the molecule is CC#CC[C@H](C)[C@H](O)C=C[C@@H]1[C@H]2CC(=CSCC(=O)N(C)C)C[C@H]2C[C@H]1O. The molecule has 2 N–H and O–H groups in total. The Morgan fingerprint density at radius 3 is 2.81 bits per heavy atom. The largest absolute Gasteiger partial charge is 0.392 e. The predicted octanol–water partition coefficient (Wildman–Crippen LogP) is 3.07. The summed E-state index contributed by atoms with van der Waals surface area (Å²) in [6.45, 7) is 3.81. The van der Waals surface area contributed by atoms with Gasteiger partial charge in [0.05, 0.1) is 18.0 Å². The van der Waals surface area contributed by atoms with Crippen LogP contribution >= 0.6 is 11.8 Å². The number of fused-ring (bicyclic) bond motifs is 1. The number of thioether (sulfide) groups is 1. The van der Waals surface area contributed by atoms with Crippen LogP contribution in [0.4, 0.5) is 0 Å². The Balaban J connectivity index is 1.91. The average Bonchev–Trinajstić information content (AvgIpc) is 3.13. The summed E-state index contributed by atoms with van der Waals surface area (Å²) in [6, 6.07) is 0. The van der Waals surface area contributed by atoms with E-state index in [-0.39, 0.29) is 23.8 Å². The van der Waals surface area contributed by atoms with Gasteiger partial charge in [0.2, 0.25) is 5.91 Å². The Bertz CT molecular complexity index is 631. The normalized spacial score (nSPS) is 30.8. The Morgan fingerprint density at radius 2 is 2.15 bits per heavy atom. The minimum atomic E-state index is -0.527. The summed E-state index contributed by atoms with van der Waals surface area (Å²) in [5.74, 6) is 7.62. The van der Waals surface area contributed by atoms with Crippen molar-refractivity contribution in [1.29, 1.82) is 0 Å². The van der Waals surface area contributed by atoms with Crippen molar-refractivity contribution in [2.75, 3.05) is 19.8 Å². The molecule has 2 aliphatic carbocycles. The predicted molar refractivity (Wildman–Crippen MR) is 112 cm³/mol. The van der Waals surface area contributed by atoms with Gasteiger partial charge in [0.25, 0.3) is 0 Å². The Hall–Kier alpha value is -1.22. The van der Waals surface area contributed by atoms with Crippen molar-refractivity contribution in [2.24, 2.45) is 23.7 Å². The molecule has 0 bridgehead atoms. The van der Waals surface area contributed by atoms with Crippen LogP contribution in [0.3, 0.4) is 0 Å². The molecule has 150 valence electrons. The summed E-state index contributed by atoms with van der Waals surface area (Å²) in [7, 11) is 3.55. The third kappa shape index (κ3) is 6.14. The lowest BCUT2D eigenvalue weighted by Gasteiger charge is -2.19. The second-order valence-electron chi connectivity index (χ2n) is 8.07. The summed E-state index contributed by atoms with van der Waals surface area (Å²) in [5, 5.41) is 22.9. The van der Waals surface area contributed by atoms with E-state index < -0.39 is 6.10 Å². The third-order valence-corrected chi connectivity index (χ3v) is 6.69. The van der Waals surface area contributed by atoms with E-state index in [9.17, 15) is 15.0 Å². The van der Waals surface area contributed by atoms with Gasteiger partial charge in [-0.05, 0) is 49.3 Å². The van der Waals surface area contributed by atoms with Crippen molar-refractivity contribution < 1.29 is 15.0 Å². The van der Waals surface area contributed by atoms with Crippen molar-refractivity contribution in [3.63, 3.8) is 0 Å². The molecule has 0 aromatic rings. The molecule has 0 spiro atoms. The fourth-order valence-electron chi connectivity index (χ4n) is 4.04. The van der Waals surface area contributed by atoms with E-state index in [2.05, 4.69) is 17.2 Å². The number of amides is 1. The maximum atomic E-state index is 11.7. The molecule has 2 aliphatic rings. The third-order valence-electron chi connectivity index (χ3n) is 5.78. The van der Waals surface area contributed by atoms with Crippen LogP contribution in [0.5, 0.6) is 0 Å². The van der Waals surface area contributed by atoms with Gasteiger partial charge in [-0.1, -0.05) is 24.6 Å². The minimum absolute atomic E-state index is 0.0905. The van der Waals surface area contributed by atoms with Crippen LogP contribution in [-0.4, -0.2) is 53.1 Å². The van der Waals surface area contributed by atoms with E-state index >= 15 is 0 Å². The van der Waals surface area contributed by atoms with Gasteiger partial charge in [-0.2, -0.15) is 0 Å². The van der Waals surface area contributed by atoms with E-state index in [4.69, 9.17) is 0 Å². The maximum absolute atomic E-state index is 11.7. The summed E-state index contributed by atoms with van der Waals surface area (Å²) < 4.78 is 0. The molecule has 0 radical (unpaired) electrons. The zero-order valence-corrected chi connectivity index (χ0v) is 17.7. The van der Waals surface area contributed by atoms with E-state index in [0.29, 0.717) is 24.0 Å². The molecule has 2 fully saturated rings. The van der Waals surface area contributed by atoms with Crippen LogP contribution in [0.1, 0.15) is 39.5 Å². The topological polar surface area (TPSA) is 60.8 Å². The lowest BCUT2D eigenvalue weighted by Crippen LogP contribution is -2.23. The van der Waals surface area contributed by atoms with E-state index in [1.165, 1.54) is 5.57 Å². The van der Waals surface area contributed by atoms with Gasteiger partial charge in [0.1, 0.15) is 0 Å². The molecule has 1 amide bonds. The summed E-state index contributed by atoms with van der Waals surface area (Å²) in [5.41, 5.74) is 1.39. The first-order chi connectivity index (χ1) is 12.8. The van der Waals surface area contributed by atoms with Crippen LogP contribution in [0, 0.1) is 35.5 Å². The molecular formula is C22H33NO3S. The lowest BCUT2D eigenvalue weighted by atomic mass is 9.89. The van der Waals surface area contributed by atoms with E-state index in [0.717, 1.165) is 19.3 Å². The van der Waals surface area contributed by atoms with E-state index in [1.54, 1.807) is 30.8 Å². The number of nitrogens with zero attached hydrogens (tertiary/aromatic N) is 1. The Morgan fingerprint density at radius 1 is 1.41 bits per heavy atom. The first-order valence-electron chi connectivity index (χ1n) is 9.77. The highest BCUT2D eigenvalue weighted by Crippen LogP contribution is 2.50. The molecule has 0 saturated heterocycles. The van der Waals surface area contributed by atoms with Gasteiger partial charge in [0.15, 0.2) is 0 Å². The zero-order valence-electron chi connectivity index (χ0n) is 16.9. The van der Waals surface area contributed by atoms with Gasteiger partial charge >= 0.3 is 0 Å². The summed E-state index contributed by atoms with van der Waals surface area (Å²) in [4.78, 5) is 13.3. The highest BCUT2D eigenvalue weighted by molar-refractivity contribution is 8.02. The van der Waals surface area contributed by atoms with Crippen LogP contribution in [0.2, 0.25) is 0 Å². The molecule has 4 nitrogen and oxygen atoms in total. The summed E-state index contributed by atoms with van der Waals surface area (Å²) >= 11 is 1.57. The number of hydrogen-bond acceptors (Lipinski definition) is 4. The Kier molecular flexibility index (Phi) is 8.47. The van der Waals surface area contributed by atoms with Gasteiger partial charge in [-0.25, -0.2) is 0 Å². The number of carbonyl (C=O) groups is 1. The van der Waals surface area contributed by atoms with E-state index in [1.807, 2.05) is 26.0 Å². The molecule has 0 unspecified atom stereocenters. The van der Waals surface area contributed by atoms with Crippen LogP contribution in [-0.2, 0) is 4.79 Å². The van der Waals surface area contributed by atoms with Crippen molar-refractivity contribution in [3.05, 3.63) is 23.1 Å². The molecule has 0 heterocycles. The van der Waals surface area contributed by atoms with Crippen molar-refractivity contribution in [1.82, 2.24) is 4.90 Å². The first kappa shape index (κ1) is 22.1. The number of rotatable bonds is 7. The molecule has 5 heteroatoms. The molecule has 2 saturated carbocycles. The highest BCUT2D eigenvalue weighted by atomic mass is 32.2. The molecule has 0 aromatic carbocycles. The van der Waals surface area contributed by atoms with Gasteiger partial charge in [-0.15, -0.1) is 23.6 Å². The fraction of sp³-hybridized carbons (Fsp3) is 0.682. The lowest BCUT2D eigenvalue weighted by molar-refractivity contribution is -0.125. The minimum Gasteiger partial charge on any atom is -0.392 e. The second kappa shape index (κ2) is 10.4. The van der Waals surface area contributed by atoms with Crippen LogP contribution < -0.4 is 0 Å². The van der Waals surface area contributed by atoms with Crippen molar-refractivity contribution in [2.45, 2.75) is 51.7 Å². The molecule has 27 heavy (non-hydrogen) atoms. The number of carbonyl (C=O) groups excluding carboxylic acids is 1. The first-order valence-corrected chi connectivity index (χ1v) is 10.8.